The van der Waals surface area contributed by atoms with E-state index in [1.807, 2.05) is 13.8 Å². The molecule has 2 aromatic carbocycles. The van der Waals surface area contributed by atoms with Crippen LogP contribution in [-0.4, -0.2) is 6.03 Å². The zero-order chi connectivity index (χ0) is 16.3. The van der Waals surface area contributed by atoms with Gasteiger partial charge in [-0.1, -0.05) is 41.4 Å². The van der Waals surface area contributed by atoms with Gasteiger partial charge in [0.1, 0.15) is 5.82 Å². The topological polar surface area (TPSA) is 41.1 Å². The predicted molar refractivity (Wildman–Crippen MR) is 88.0 cm³/mol. The Balaban J connectivity index is 2.12. The minimum atomic E-state index is -0.689. The van der Waals surface area contributed by atoms with Crippen molar-refractivity contribution in [2.45, 2.75) is 19.4 Å². The van der Waals surface area contributed by atoms with Gasteiger partial charge in [-0.05, 0) is 43.7 Å². The number of rotatable bonds is 3. The second kappa shape index (κ2) is 6.55. The van der Waals surface area contributed by atoms with Crippen molar-refractivity contribution in [3.8, 4) is 0 Å². The predicted octanol–water partition coefficient (Wildman–Crippen LogP) is 5.19. The Morgan fingerprint density at radius 1 is 1.05 bits per heavy atom. The third-order valence-electron chi connectivity index (χ3n) is 3.19. The van der Waals surface area contributed by atoms with E-state index in [0.29, 0.717) is 15.7 Å². The molecule has 0 aliphatic rings. The normalized spacial score (nSPS) is 11.1. The fourth-order valence-electron chi connectivity index (χ4n) is 1.98. The van der Waals surface area contributed by atoms with Crippen molar-refractivity contribution in [1.29, 1.82) is 0 Å². The molecule has 0 heterocycles. The first kappa shape index (κ1) is 16.6. The number of para-hydroxylation sites is 1. The van der Waals surface area contributed by atoms with Gasteiger partial charge in [0.05, 0.1) is 21.3 Å². The fourth-order valence-corrected chi connectivity index (χ4v) is 2.48. The molecular weight excluding hydrogens is 326 g/mol. The molecule has 116 valence electrons. The van der Waals surface area contributed by atoms with Crippen LogP contribution in [0.1, 0.15) is 19.4 Å². The third-order valence-corrected chi connectivity index (χ3v) is 3.82. The van der Waals surface area contributed by atoms with Crippen molar-refractivity contribution in [2.24, 2.45) is 0 Å². The average molecular weight is 341 g/mol. The highest BCUT2D eigenvalue weighted by Gasteiger charge is 2.23. The molecule has 2 aromatic rings. The number of urea groups is 1. The Hall–Kier alpha value is -1.78. The van der Waals surface area contributed by atoms with Crippen LogP contribution < -0.4 is 10.6 Å². The number of hydrogen-bond acceptors (Lipinski definition) is 1. The number of benzene rings is 2. The largest absolute Gasteiger partial charge is 0.329 e. The second-order valence-corrected chi connectivity index (χ2v) is 6.12. The number of hydrogen-bond donors (Lipinski definition) is 2. The number of carbonyl (C=O) groups is 1. The number of nitrogens with one attached hydrogen (secondary N) is 2. The quantitative estimate of drug-likeness (QED) is 0.793. The minimum absolute atomic E-state index is 0.327. The summed E-state index contributed by atoms with van der Waals surface area (Å²) >= 11 is 12.0. The molecule has 2 N–H and O–H groups in total. The molecule has 0 fully saturated rings. The van der Waals surface area contributed by atoms with E-state index in [4.69, 9.17) is 23.2 Å². The van der Waals surface area contributed by atoms with Gasteiger partial charge in [-0.15, -0.1) is 0 Å². The van der Waals surface area contributed by atoms with Gasteiger partial charge in [-0.2, -0.15) is 0 Å². The number of carbonyl (C=O) groups excluding carboxylic acids is 1. The third kappa shape index (κ3) is 3.90. The van der Waals surface area contributed by atoms with E-state index >= 15 is 0 Å². The highest BCUT2D eigenvalue weighted by atomic mass is 35.5. The Morgan fingerprint density at radius 2 is 1.59 bits per heavy atom. The average Bonchev–Trinajstić information content (AvgIpc) is 2.43. The van der Waals surface area contributed by atoms with Gasteiger partial charge in [0.15, 0.2) is 0 Å². The lowest BCUT2D eigenvalue weighted by molar-refractivity contribution is 0.242. The summed E-state index contributed by atoms with van der Waals surface area (Å²) in [7, 11) is 0. The van der Waals surface area contributed by atoms with E-state index in [9.17, 15) is 9.18 Å². The van der Waals surface area contributed by atoms with Gasteiger partial charge in [-0.25, -0.2) is 9.18 Å². The summed E-state index contributed by atoms with van der Waals surface area (Å²) in [5.74, 6) is -0.327. The van der Waals surface area contributed by atoms with E-state index in [1.165, 1.54) is 12.1 Å². The van der Waals surface area contributed by atoms with Crippen LogP contribution >= 0.6 is 23.2 Å². The van der Waals surface area contributed by atoms with E-state index in [0.717, 1.165) is 5.56 Å². The summed E-state index contributed by atoms with van der Waals surface area (Å²) in [4.78, 5) is 12.2. The molecule has 0 saturated heterocycles. The standard InChI is InChI=1S/C16H15Cl2FN2O/c1-16(2,10-6-8-11(19)9-7-10)21-15(22)20-14-12(17)4-3-5-13(14)18/h3-9H,1-2H3,(H2,20,21,22). The van der Waals surface area contributed by atoms with Crippen LogP contribution in [0.3, 0.4) is 0 Å². The van der Waals surface area contributed by atoms with Crippen LogP contribution in [0.4, 0.5) is 14.9 Å². The maximum absolute atomic E-state index is 13.0. The van der Waals surface area contributed by atoms with E-state index in [2.05, 4.69) is 10.6 Å². The summed E-state index contributed by atoms with van der Waals surface area (Å²) in [6, 6.07) is 10.4. The Labute approximate surface area is 138 Å². The SMILES string of the molecule is CC(C)(NC(=O)Nc1c(Cl)cccc1Cl)c1ccc(F)cc1. The molecule has 0 unspecified atom stereocenters. The number of halogens is 3. The molecule has 6 heteroatoms. The Bertz CT molecular complexity index is 667. The molecule has 2 amide bonds. The number of amides is 2. The van der Waals surface area contributed by atoms with Gasteiger partial charge < -0.3 is 10.6 Å². The van der Waals surface area contributed by atoms with Gasteiger partial charge in [0, 0.05) is 0 Å². The Kier molecular flexibility index (Phi) is 4.94. The smallest absolute Gasteiger partial charge is 0.320 e. The van der Waals surface area contributed by atoms with Crippen LogP contribution in [0.15, 0.2) is 42.5 Å². The lowest BCUT2D eigenvalue weighted by Gasteiger charge is -2.27. The van der Waals surface area contributed by atoms with E-state index < -0.39 is 11.6 Å². The monoisotopic (exact) mass is 340 g/mol. The molecule has 0 spiro atoms. The fraction of sp³-hybridized carbons (Fsp3) is 0.188. The van der Waals surface area contributed by atoms with Gasteiger partial charge in [0.2, 0.25) is 0 Å². The van der Waals surface area contributed by atoms with Gasteiger partial charge >= 0.3 is 6.03 Å². The number of anilines is 1. The molecule has 0 aromatic heterocycles. The van der Waals surface area contributed by atoms with E-state index in [1.54, 1.807) is 30.3 Å². The first-order valence-corrected chi connectivity index (χ1v) is 7.34. The van der Waals surface area contributed by atoms with Crippen LogP contribution in [-0.2, 0) is 5.54 Å². The molecule has 22 heavy (non-hydrogen) atoms. The summed E-state index contributed by atoms with van der Waals surface area (Å²) in [5.41, 5.74) is 0.429. The summed E-state index contributed by atoms with van der Waals surface area (Å²) in [5, 5.41) is 6.13. The van der Waals surface area contributed by atoms with Gasteiger partial charge in [-0.3, -0.25) is 0 Å². The molecule has 2 rings (SSSR count). The minimum Gasteiger partial charge on any atom is -0.329 e. The lowest BCUT2D eigenvalue weighted by atomic mass is 9.94. The van der Waals surface area contributed by atoms with Crippen LogP contribution in [0.25, 0.3) is 0 Å². The molecular formula is C16H15Cl2FN2O. The highest BCUT2D eigenvalue weighted by molar-refractivity contribution is 6.39. The molecule has 3 nitrogen and oxygen atoms in total. The van der Waals surface area contributed by atoms with Crippen molar-refractivity contribution >= 4 is 34.9 Å². The van der Waals surface area contributed by atoms with Crippen LogP contribution in [0, 0.1) is 5.82 Å². The Morgan fingerprint density at radius 3 is 2.14 bits per heavy atom. The molecule has 0 aliphatic heterocycles. The summed E-state index contributed by atoms with van der Waals surface area (Å²) < 4.78 is 13.0. The van der Waals surface area contributed by atoms with Crippen molar-refractivity contribution in [1.82, 2.24) is 5.32 Å². The van der Waals surface area contributed by atoms with Crippen molar-refractivity contribution in [3.63, 3.8) is 0 Å². The zero-order valence-corrected chi connectivity index (χ0v) is 13.6. The van der Waals surface area contributed by atoms with Crippen LogP contribution in [0.2, 0.25) is 10.0 Å². The molecule has 0 aliphatic carbocycles. The summed E-state index contributed by atoms with van der Waals surface area (Å²) in [6.45, 7) is 3.63. The maximum Gasteiger partial charge on any atom is 0.320 e. The first-order valence-electron chi connectivity index (χ1n) is 6.59. The first-order chi connectivity index (χ1) is 10.3. The maximum atomic E-state index is 13.0. The van der Waals surface area contributed by atoms with Crippen molar-refractivity contribution < 1.29 is 9.18 Å². The van der Waals surface area contributed by atoms with E-state index in [-0.39, 0.29) is 5.82 Å². The lowest BCUT2D eigenvalue weighted by Crippen LogP contribution is -2.43. The van der Waals surface area contributed by atoms with Crippen molar-refractivity contribution in [3.05, 3.63) is 63.9 Å². The van der Waals surface area contributed by atoms with Gasteiger partial charge in [0.25, 0.3) is 0 Å². The second-order valence-electron chi connectivity index (χ2n) is 5.31. The van der Waals surface area contributed by atoms with Crippen LogP contribution in [0.5, 0.6) is 0 Å². The molecule has 0 saturated carbocycles. The van der Waals surface area contributed by atoms with Crippen molar-refractivity contribution in [2.75, 3.05) is 5.32 Å². The zero-order valence-electron chi connectivity index (χ0n) is 12.1. The highest BCUT2D eigenvalue weighted by Crippen LogP contribution is 2.30. The molecule has 0 radical (unpaired) electrons. The molecule has 0 atom stereocenters. The molecule has 0 bridgehead atoms. The summed E-state index contributed by atoms with van der Waals surface area (Å²) in [6.07, 6.45) is 0.